The lowest BCUT2D eigenvalue weighted by atomic mass is 10.1. The summed E-state index contributed by atoms with van der Waals surface area (Å²) in [5.41, 5.74) is 2.52. The van der Waals surface area contributed by atoms with E-state index in [-0.39, 0.29) is 5.91 Å². The molecule has 6 heteroatoms. The fourth-order valence-electron chi connectivity index (χ4n) is 2.75. The Morgan fingerprint density at radius 3 is 2.44 bits per heavy atom. The first-order valence-electron chi connectivity index (χ1n) is 8.92. The molecule has 2 rings (SSSR count). The third-order valence-corrected chi connectivity index (χ3v) is 4.23. The van der Waals surface area contributed by atoms with Crippen molar-refractivity contribution >= 4 is 11.6 Å². The van der Waals surface area contributed by atoms with Gasteiger partial charge in [-0.15, -0.1) is 0 Å². The van der Waals surface area contributed by atoms with E-state index < -0.39 is 0 Å². The van der Waals surface area contributed by atoms with Crippen LogP contribution in [0.25, 0.3) is 0 Å². The molecule has 0 aromatic heterocycles. The fraction of sp³-hybridized carbons (Fsp3) is 0.333. The van der Waals surface area contributed by atoms with Crippen molar-refractivity contribution in [3.63, 3.8) is 0 Å². The molecule has 1 amide bonds. The van der Waals surface area contributed by atoms with Gasteiger partial charge in [-0.25, -0.2) is 0 Å². The van der Waals surface area contributed by atoms with Gasteiger partial charge in [0.1, 0.15) is 0 Å². The standard InChI is InChI=1S/C21H26N2O4/c1-26-19-12-10-16(15-20(19)27-2)11-13-21(24)22-14-6-9-18(23-25)17-7-4-3-5-8-17/h3-5,7-8,10,12,15,25H,6,9,11,13-14H2,1-2H3,(H,22,24)/b23-18-. The van der Waals surface area contributed by atoms with Crippen molar-refractivity contribution in [1.29, 1.82) is 0 Å². The van der Waals surface area contributed by atoms with Gasteiger partial charge < -0.3 is 20.0 Å². The lowest BCUT2D eigenvalue weighted by molar-refractivity contribution is -0.121. The Balaban J connectivity index is 1.72. The molecule has 0 spiro atoms. The van der Waals surface area contributed by atoms with E-state index in [0.717, 1.165) is 11.1 Å². The van der Waals surface area contributed by atoms with Gasteiger partial charge in [0, 0.05) is 13.0 Å². The molecule has 0 bridgehead atoms. The summed E-state index contributed by atoms with van der Waals surface area (Å²) < 4.78 is 10.5. The molecule has 0 aliphatic rings. The van der Waals surface area contributed by atoms with Crippen LogP contribution >= 0.6 is 0 Å². The molecule has 0 unspecified atom stereocenters. The summed E-state index contributed by atoms with van der Waals surface area (Å²) in [4.78, 5) is 12.0. The number of amides is 1. The summed E-state index contributed by atoms with van der Waals surface area (Å²) in [5.74, 6) is 1.32. The van der Waals surface area contributed by atoms with Crippen LogP contribution in [0.3, 0.4) is 0 Å². The van der Waals surface area contributed by atoms with E-state index in [2.05, 4.69) is 10.5 Å². The molecule has 2 aromatic rings. The van der Waals surface area contributed by atoms with E-state index in [1.54, 1.807) is 14.2 Å². The van der Waals surface area contributed by atoms with E-state index in [4.69, 9.17) is 14.7 Å². The summed E-state index contributed by atoms with van der Waals surface area (Å²) in [6.45, 7) is 0.538. The van der Waals surface area contributed by atoms with Gasteiger partial charge in [0.05, 0.1) is 19.9 Å². The minimum Gasteiger partial charge on any atom is -0.493 e. The maximum Gasteiger partial charge on any atom is 0.220 e. The smallest absolute Gasteiger partial charge is 0.220 e. The van der Waals surface area contributed by atoms with Crippen LogP contribution in [0.2, 0.25) is 0 Å². The van der Waals surface area contributed by atoms with Crippen LogP contribution in [-0.4, -0.2) is 37.6 Å². The van der Waals surface area contributed by atoms with E-state index >= 15 is 0 Å². The number of rotatable bonds is 10. The van der Waals surface area contributed by atoms with Crippen molar-refractivity contribution in [3.8, 4) is 11.5 Å². The minimum absolute atomic E-state index is 0.00742. The third kappa shape index (κ3) is 6.33. The van der Waals surface area contributed by atoms with Crippen LogP contribution in [0.15, 0.2) is 53.7 Å². The molecule has 0 saturated carbocycles. The maximum atomic E-state index is 12.0. The molecule has 0 radical (unpaired) electrons. The summed E-state index contributed by atoms with van der Waals surface area (Å²) in [6.07, 6.45) is 2.32. The van der Waals surface area contributed by atoms with Crippen molar-refractivity contribution in [2.24, 2.45) is 5.16 Å². The SMILES string of the molecule is COc1ccc(CCC(=O)NCCC/C(=N/O)c2ccccc2)cc1OC. The summed E-state index contributed by atoms with van der Waals surface area (Å²) in [7, 11) is 3.18. The molecule has 2 N–H and O–H groups in total. The third-order valence-electron chi connectivity index (χ3n) is 4.23. The molecular weight excluding hydrogens is 344 g/mol. The van der Waals surface area contributed by atoms with Crippen LogP contribution in [0, 0.1) is 0 Å². The summed E-state index contributed by atoms with van der Waals surface area (Å²) in [6, 6.07) is 15.2. The van der Waals surface area contributed by atoms with Crippen LogP contribution in [0.4, 0.5) is 0 Å². The first kappa shape index (κ1) is 20.3. The zero-order valence-corrected chi connectivity index (χ0v) is 15.8. The maximum absolute atomic E-state index is 12.0. The molecule has 0 fully saturated rings. The van der Waals surface area contributed by atoms with Crippen molar-refractivity contribution in [1.82, 2.24) is 5.32 Å². The first-order chi connectivity index (χ1) is 13.2. The normalized spacial score (nSPS) is 11.1. The zero-order chi connectivity index (χ0) is 19.5. The highest BCUT2D eigenvalue weighted by atomic mass is 16.5. The Morgan fingerprint density at radius 2 is 1.78 bits per heavy atom. The Bertz CT molecular complexity index is 760. The van der Waals surface area contributed by atoms with E-state index in [1.807, 2.05) is 48.5 Å². The Kier molecular flexibility index (Phi) is 8.16. The number of ether oxygens (including phenoxy) is 2. The molecule has 6 nitrogen and oxygen atoms in total. The molecule has 0 atom stereocenters. The first-order valence-corrected chi connectivity index (χ1v) is 8.92. The number of aryl methyl sites for hydroxylation is 1. The Morgan fingerprint density at radius 1 is 1.04 bits per heavy atom. The van der Waals surface area contributed by atoms with Gasteiger partial charge in [-0.05, 0) is 42.5 Å². The quantitative estimate of drug-likeness (QED) is 0.291. The molecule has 0 heterocycles. The molecule has 144 valence electrons. The van der Waals surface area contributed by atoms with Gasteiger partial charge >= 0.3 is 0 Å². The molecule has 0 saturated heterocycles. The van der Waals surface area contributed by atoms with Crippen molar-refractivity contribution < 1.29 is 19.5 Å². The van der Waals surface area contributed by atoms with Gasteiger partial charge in [-0.1, -0.05) is 41.6 Å². The molecule has 0 aliphatic carbocycles. The number of hydrogen-bond acceptors (Lipinski definition) is 5. The highest BCUT2D eigenvalue weighted by molar-refractivity contribution is 6.00. The number of carbonyl (C=O) groups is 1. The van der Waals surface area contributed by atoms with Crippen LogP contribution in [0.1, 0.15) is 30.4 Å². The average molecular weight is 370 g/mol. The van der Waals surface area contributed by atoms with Crippen molar-refractivity contribution in [3.05, 3.63) is 59.7 Å². The lowest BCUT2D eigenvalue weighted by Crippen LogP contribution is -2.25. The number of benzene rings is 2. The van der Waals surface area contributed by atoms with E-state index in [0.29, 0.717) is 49.4 Å². The van der Waals surface area contributed by atoms with Gasteiger partial charge in [-0.2, -0.15) is 0 Å². The largest absolute Gasteiger partial charge is 0.493 e. The summed E-state index contributed by atoms with van der Waals surface area (Å²) in [5, 5.41) is 15.4. The number of carbonyl (C=O) groups excluding carboxylic acids is 1. The van der Waals surface area contributed by atoms with Gasteiger partial charge in [0.2, 0.25) is 5.91 Å². The number of nitrogens with one attached hydrogen (secondary N) is 1. The molecule has 0 aliphatic heterocycles. The Labute approximate surface area is 159 Å². The van der Waals surface area contributed by atoms with Crippen LogP contribution in [0.5, 0.6) is 11.5 Å². The topological polar surface area (TPSA) is 80.2 Å². The zero-order valence-electron chi connectivity index (χ0n) is 15.8. The predicted octanol–water partition coefficient (Wildman–Crippen LogP) is 3.41. The van der Waals surface area contributed by atoms with E-state index in [1.165, 1.54) is 0 Å². The number of methoxy groups -OCH3 is 2. The molecular formula is C21H26N2O4. The predicted molar refractivity (Wildman–Crippen MR) is 105 cm³/mol. The fourth-order valence-corrected chi connectivity index (χ4v) is 2.75. The second kappa shape index (κ2) is 10.9. The van der Waals surface area contributed by atoms with E-state index in [9.17, 15) is 4.79 Å². The number of hydrogen-bond donors (Lipinski definition) is 2. The monoisotopic (exact) mass is 370 g/mol. The average Bonchev–Trinajstić information content (AvgIpc) is 2.72. The van der Waals surface area contributed by atoms with Crippen molar-refractivity contribution in [2.75, 3.05) is 20.8 Å². The van der Waals surface area contributed by atoms with Gasteiger partial charge in [0.15, 0.2) is 11.5 Å². The number of nitrogens with zero attached hydrogens (tertiary/aromatic N) is 1. The van der Waals surface area contributed by atoms with Crippen LogP contribution in [-0.2, 0) is 11.2 Å². The second-order valence-electron chi connectivity index (χ2n) is 6.06. The van der Waals surface area contributed by atoms with Gasteiger partial charge in [-0.3, -0.25) is 4.79 Å². The summed E-state index contributed by atoms with van der Waals surface area (Å²) >= 11 is 0. The molecule has 2 aromatic carbocycles. The highest BCUT2D eigenvalue weighted by Crippen LogP contribution is 2.27. The molecule has 27 heavy (non-hydrogen) atoms. The lowest BCUT2D eigenvalue weighted by Gasteiger charge is -2.10. The van der Waals surface area contributed by atoms with Crippen LogP contribution < -0.4 is 14.8 Å². The minimum atomic E-state index is -0.00742. The highest BCUT2D eigenvalue weighted by Gasteiger charge is 2.08. The van der Waals surface area contributed by atoms with Gasteiger partial charge in [0.25, 0.3) is 0 Å². The van der Waals surface area contributed by atoms with Crippen molar-refractivity contribution in [2.45, 2.75) is 25.7 Å². The number of oxime groups is 1. The second-order valence-corrected chi connectivity index (χ2v) is 6.06. The Hall–Kier alpha value is -3.02.